The van der Waals surface area contributed by atoms with Crippen molar-refractivity contribution in [3.05, 3.63) is 17.0 Å². The number of nitrogens with zero attached hydrogens (tertiary/aromatic N) is 2. The second kappa shape index (κ2) is 6.20. The normalized spacial score (nSPS) is 14.9. The molecule has 1 aromatic heterocycles. The van der Waals surface area contributed by atoms with Gasteiger partial charge in [0.25, 0.3) is 0 Å². The molecule has 17 heavy (non-hydrogen) atoms. The maximum Gasteiger partial charge on any atom is 0.0644 e. The Hall–Kier alpha value is -0.830. The van der Waals surface area contributed by atoms with Crippen molar-refractivity contribution in [1.82, 2.24) is 15.1 Å². The zero-order valence-electron chi connectivity index (χ0n) is 12.2. The average Bonchev–Trinajstić information content (AvgIpc) is 2.54. The standard InChI is InChI=1S/C14H27N3/c1-7-10(3)9-17-13(6)14(12(5)16-17)11(4)15-8-2/h10-11,15H,7-9H2,1-6H3. The number of nitrogens with one attached hydrogen (secondary N) is 1. The summed E-state index contributed by atoms with van der Waals surface area (Å²) in [4.78, 5) is 0. The van der Waals surface area contributed by atoms with Gasteiger partial charge in [-0.25, -0.2) is 0 Å². The summed E-state index contributed by atoms with van der Waals surface area (Å²) in [7, 11) is 0. The molecule has 1 heterocycles. The summed E-state index contributed by atoms with van der Waals surface area (Å²) in [5.74, 6) is 0.690. The molecule has 0 bridgehead atoms. The van der Waals surface area contributed by atoms with Crippen molar-refractivity contribution in [3.8, 4) is 0 Å². The molecule has 0 aliphatic heterocycles. The van der Waals surface area contributed by atoms with Gasteiger partial charge in [0.1, 0.15) is 0 Å². The van der Waals surface area contributed by atoms with Crippen LogP contribution < -0.4 is 5.32 Å². The van der Waals surface area contributed by atoms with Crippen LogP contribution in [-0.4, -0.2) is 16.3 Å². The lowest BCUT2D eigenvalue weighted by Crippen LogP contribution is -2.19. The molecule has 0 spiro atoms. The van der Waals surface area contributed by atoms with Crippen molar-refractivity contribution in [2.75, 3.05) is 6.54 Å². The van der Waals surface area contributed by atoms with E-state index in [0.29, 0.717) is 12.0 Å². The highest BCUT2D eigenvalue weighted by molar-refractivity contribution is 5.27. The lowest BCUT2D eigenvalue weighted by molar-refractivity contribution is 0.430. The molecule has 0 saturated heterocycles. The highest BCUT2D eigenvalue weighted by Gasteiger charge is 2.17. The van der Waals surface area contributed by atoms with E-state index in [9.17, 15) is 0 Å². The minimum atomic E-state index is 0.394. The number of hydrogen-bond donors (Lipinski definition) is 1. The summed E-state index contributed by atoms with van der Waals surface area (Å²) in [5, 5.41) is 8.15. The Morgan fingerprint density at radius 1 is 1.24 bits per heavy atom. The quantitative estimate of drug-likeness (QED) is 0.823. The van der Waals surface area contributed by atoms with Crippen LogP contribution in [0.5, 0.6) is 0 Å². The van der Waals surface area contributed by atoms with Crippen molar-refractivity contribution in [3.63, 3.8) is 0 Å². The van der Waals surface area contributed by atoms with Crippen LogP contribution in [0.4, 0.5) is 0 Å². The Balaban J connectivity index is 2.93. The van der Waals surface area contributed by atoms with Gasteiger partial charge >= 0.3 is 0 Å². The lowest BCUT2D eigenvalue weighted by atomic mass is 10.1. The van der Waals surface area contributed by atoms with E-state index < -0.39 is 0 Å². The molecule has 2 unspecified atom stereocenters. The molecule has 0 aliphatic rings. The maximum atomic E-state index is 4.68. The summed E-state index contributed by atoms with van der Waals surface area (Å²) in [6.45, 7) is 15.2. The smallest absolute Gasteiger partial charge is 0.0644 e. The molecule has 0 radical (unpaired) electrons. The molecule has 2 atom stereocenters. The number of rotatable bonds is 6. The third-order valence-electron chi connectivity index (χ3n) is 3.56. The van der Waals surface area contributed by atoms with Crippen LogP contribution in [0.15, 0.2) is 0 Å². The molecule has 1 aromatic rings. The molecular weight excluding hydrogens is 210 g/mol. The third kappa shape index (κ3) is 3.32. The first-order valence-electron chi connectivity index (χ1n) is 6.78. The number of aromatic nitrogens is 2. The van der Waals surface area contributed by atoms with E-state index in [4.69, 9.17) is 0 Å². The number of aryl methyl sites for hydroxylation is 1. The Labute approximate surface area is 106 Å². The molecule has 1 rings (SSSR count). The Morgan fingerprint density at radius 2 is 1.88 bits per heavy atom. The predicted octanol–water partition coefficient (Wildman–Crippen LogP) is 3.22. The molecule has 0 fully saturated rings. The van der Waals surface area contributed by atoms with Gasteiger partial charge in [-0.1, -0.05) is 27.2 Å². The first-order chi connectivity index (χ1) is 8.01. The molecule has 0 aliphatic carbocycles. The van der Waals surface area contributed by atoms with E-state index in [1.807, 2.05) is 0 Å². The van der Waals surface area contributed by atoms with E-state index in [0.717, 1.165) is 13.1 Å². The SMILES string of the molecule is CCNC(C)c1c(C)nn(CC(C)CC)c1C. The van der Waals surface area contributed by atoms with E-state index >= 15 is 0 Å². The minimum Gasteiger partial charge on any atom is -0.310 e. The van der Waals surface area contributed by atoms with Gasteiger partial charge in [0.2, 0.25) is 0 Å². The molecular formula is C14H27N3. The number of hydrogen-bond acceptors (Lipinski definition) is 2. The van der Waals surface area contributed by atoms with Gasteiger partial charge < -0.3 is 5.32 Å². The Kier molecular flexibility index (Phi) is 5.19. The molecule has 3 heteroatoms. The van der Waals surface area contributed by atoms with E-state index in [1.165, 1.54) is 23.4 Å². The van der Waals surface area contributed by atoms with Crippen LogP contribution in [-0.2, 0) is 6.54 Å². The van der Waals surface area contributed by atoms with Gasteiger partial charge in [-0.2, -0.15) is 5.10 Å². The van der Waals surface area contributed by atoms with Crippen LogP contribution in [0.1, 0.15) is 57.1 Å². The first-order valence-corrected chi connectivity index (χ1v) is 6.78. The van der Waals surface area contributed by atoms with Crippen molar-refractivity contribution < 1.29 is 0 Å². The van der Waals surface area contributed by atoms with Gasteiger partial charge in [-0.05, 0) is 33.2 Å². The van der Waals surface area contributed by atoms with Crippen molar-refractivity contribution in [1.29, 1.82) is 0 Å². The summed E-state index contributed by atoms with van der Waals surface area (Å²) in [6.07, 6.45) is 1.20. The van der Waals surface area contributed by atoms with Gasteiger partial charge in [-0.15, -0.1) is 0 Å². The maximum absolute atomic E-state index is 4.68. The van der Waals surface area contributed by atoms with Crippen LogP contribution in [0.3, 0.4) is 0 Å². The minimum absolute atomic E-state index is 0.394. The Morgan fingerprint density at radius 3 is 2.41 bits per heavy atom. The van der Waals surface area contributed by atoms with Gasteiger partial charge in [0.15, 0.2) is 0 Å². The van der Waals surface area contributed by atoms with Gasteiger partial charge in [-0.3, -0.25) is 4.68 Å². The summed E-state index contributed by atoms with van der Waals surface area (Å²) in [5.41, 5.74) is 3.85. The zero-order valence-corrected chi connectivity index (χ0v) is 12.2. The lowest BCUT2D eigenvalue weighted by Gasteiger charge is -2.14. The van der Waals surface area contributed by atoms with Crippen LogP contribution in [0.2, 0.25) is 0 Å². The topological polar surface area (TPSA) is 29.9 Å². The highest BCUT2D eigenvalue weighted by Crippen LogP contribution is 2.22. The third-order valence-corrected chi connectivity index (χ3v) is 3.56. The molecule has 98 valence electrons. The van der Waals surface area contributed by atoms with Crippen molar-refractivity contribution >= 4 is 0 Å². The van der Waals surface area contributed by atoms with E-state index in [2.05, 4.69) is 56.6 Å². The largest absolute Gasteiger partial charge is 0.310 e. The van der Waals surface area contributed by atoms with Crippen LogP contribution >= 0.6 is 0 Å². The summed E-state index contributed by atoms with van der Waals surface area (Å²) in [6, 6.07) is 0.394. The second-order valence-corrected chi connectivity index (χ2v) is 5.06. The fourth-order valence-corrected chi connectivity index (χ4v) is 2.35. The molecule has 0 aromatic carbocycles. The first kappa shape index (κ1) is 14.2. The fraction of sp³-hybridized carbons (Fsp3) is 0.786. The fourth-order valence-electron chi connectivity index (χ4n) is 2.35. The summed E-state index contributed by atoms with van der Waals surface area (Å²) >= 11 is 0. The average molecular weight is 237 g/mol. The van der Waals surface area contributed by atoms with Crippen molar-refractivity contribution in [2.45, 2.75) is 60.5 Å². The summed E-state index contributed by atoms with van der Waals surface area (Å²) < 4.78 is 2.17. The van der Waals surface area contributed by atoms with Crippen LogP contribution in [0.25, 0.3) is 0 Å². The molecule has 0 amide bonds. The van der Waals surface area contributed by atoms with Crippen molar-refractivity contribution in [2.24, 2.45) is 5.92 Å². The van der Waals surface area contributed by atoms with Gasteiger partial charge in [0.05, 0.1) is 5.69 Å². The highest BCUT2D eigenvalue weighted by atomic mass is 15.3. The Bertz CT molecular complexity index is 355. The van der Waals surface area contributed by atoms with E-state index in [1.54, 1.807) is 0 Å². The predicted molar refractivity (Wildman–Crippen MR) is 73.2 cm³/mol. The molecule has 1 N–H and O–H groups in total. The monoisotopic (exact) mass is 237 g/mol. The van der Waals surface area contributed by atoms with Gasteiger partial charge in [0, 0.05) is 23.8 Å². The zero-order chi connectivity index (χ0) is 13.0. The van der Waals surface area contributed by atoms with Crippen LogP contribution in [0, 0.1) is 19.8 Å². The second-order valence-electron chi connectivity index (χ2n) is 5.06. The van der Waals surface area contributed by atoms with E-state index in [-0.39, 0.29) is 0 Å². The molecule has 0 saturated carbocycles. The molecule has 3 nitrogen and oxygen atoms in total.